The van der Waals surface area contributed by atoms with Crippen molar-refractivity contribution in [3.63, 3.8) is 0 Å². The summed E-state index contributed by atoms with van der Waals surface area (Å²) in [5, 5.41) is 13.0. The number of halogens is 1. The maximum atomic E-state index is 13.5. The molecule has 2 aromatic rings. The summed E-state index contributed by atoms with van der Waals surface area (Å²) in [5.74, 6) is -0.284. The van der Waals surface area contributed by atoms with Crippen molar-refractivity contribution in [3.05, 3.63) is 51.7 Å². The molecule has 2 nitrogen and oxygen atoms in total. The highest BCUT2D eigenvalue weighted by atomic mass is 32.1. The Labute approximate surface area is 116 Å². The molecule has 0 aliphatic heterocycles. The van der Waals surface area contributed by atoms with Crippen LogP contribution in [0, 0.1) is 5.82 Å². The van der Waals surface area contributed by atoms with Crippen molar-refractivity contribution in [1.29, 1.82) is 0 Å². The third-order valence-corrected chi connectivity index (χ3v) is 4.16. The van der Waals surface area contributed by atoms with Gasteiger partial charge in [-0.1, -0.05) is 39.0 Å². The number of hydrogen-bond acceptors (Lipinski definition) is 3. The second kappa shape index (κ2) is 5.39. The SMILES string of the molecule is CC(C)(C)c1nc(C(O)Cc2ccccc2F)cs1. The van der Waals surface area contributed by atoms with E-state index in [1.165, 1.54) is 17.4 Å². The van der Waals surface area contributed by atoms with E-state index in [4.69, 9.17) is 0 Å². The van der Waals surface area contributed by atoms with Crippen molar-refractivity contribution in [2.45, 2.75) is 38.7 Å². The maximum Gasteiger partial charge on any atom is 0.126 e. The molecular formula is C15H18FNOS. The first kappa shape index (κ1) is 14.2. The maximum absolute atomic E-state index is 13.5. The van der Waals surface area contributed by atoms with Crippen LogP contribution in [-0.2, 0) is 11.8 Å². The van der Waals surface area contributed by atoms with Gasteiger partial charge in [0.1, 0.15) is 11.9 Å². The summed E-state index contributed by atoms with van der Waals surface area (Å²) in [4.78, 5) is 4.45. The fraction of sp³-hybridized carbons (Fsp3) is 0.400. The van der Waals surface area contributed by atoms with Crippen LogP contribution in [0.15, 0.2) is 29.6 Å². The largest absolute Gasteiger partial charge is 0.386 e. The molecule has 102 valence electrons. The Morgan fingerprint density at radius 1 is 1.32 bits per heavy atom. The summed E-state index contributed by atoms with van der Waals surface area (Å²) >= 11 is 1.53. The third kappa shape index (κ3) is 3.39. The van der Waals surface area contributed by atoms with Crippen LogP contribution < -0.4 is 0 Å². The van der Waals surface area contributed by atoms with Gasteiger partial charge in [0.15, 0.2) is 0 Å². The molecule has 0 aliphatic carbocycles. The molecule has 4 heteroatoms. The van der Waals surface area contributed by atoms with Crippen molar-refractivity contribution in [1.82, 2.24) is 4.98 Å². The molecule has 2 rings (SSSR count). The van der Waals surface area contributed by atoms with E-state index in [9.17, 15) is 9.50 Å². The van der Waals surface area contributed by atoms with Crippen molar-refractivity contribution >= 4 is 11.3 Å². The second-order valence-electron chi connectivity index (χ2n) is 5.64. The highest BCUT2D eigenvalue weighted by molar-refractivity contribution is 7.09. The molecule has 0 saturated carbocycles. The molecule has 0 bridgehead atoms. The van der Waals surface area contributed by atoms with E-state index in [-0.39, 0.29) is 17.7 Å². The summed E-state index contributed by atoms with van der Waals surface area (Å²) in [7, 11) is 0. The average molecular weight is 279 g/mol. The van der Waals surface area contributed by atoms with Gasteiger partial charge in [0.25, 0.3) is 0 Å². The van der Waals surface area contributed by atoms with E-state index >= 15 is 0 Å². The Bertz CT molecular complexity index is 559. The summed E-state index contributed by atoms with van der Waals surface area (Å²) in [6, 6.07) is 6.51. The molecule has 0 fully saturated rings. The van der Waals surface area contributed by atoms with E-state index in [0.29, 0.717) is 11.3 Å². The Morgan fingerprint density at radius 3 is 2.58 bits per heavy atom. The van der Waals surface area contributed by atoms with E-state index in [2.05, 4.69) is 25.8 Å². The molecule has 19 heavy (non-hydrogen) atoms. The molecule has 0 radical (unpaired) electrons. The number of thiazole rings is 1. The van der Waals surface area contributed by atoms with Crippen LogP contribution in [0.4, 0.5) is 4.39 Å². The lowest BCUT2D eigenvalue weighted by atomic mass is 9.98. The van der Waals surface area contributed by atoms with Crippen molar-refractivity contribution < 1.29 is 9.50 Å². The van der Waals surface area contributed by atoms with Crippen LogP contribution in [0.3, 0.4) is 0 Å². The number of nitrogens with zero attached hydrogens (tertiary/aromatic N) is 1. The number of aromatic nitrogens is 1. The van der Waals surface area contributed by atoms with E-state index in [1.54, 1.807) is 18.2 Å². The zero-order chi connectivity index (χ0) is 14.0. The molecule has 0 saturated heterocycles. The summed E-state index contributed by atoms with van der Waals surface area (Å²) in [6.45, 7) is 6.25. The minimum Gasteiger partial charge on any atom is -0.386 e. The van der Waals surface area contributed by atoms with Crippen LogP contribution >= 0.6 is 11.3 Å². The van der Waals surface area contributed by atoms with E-state index < -0.39 is 6.10 Å². The van der Waals surface area contributed by atoms with Crippen LogP contribution in [0.1, 0.15) is 43.1 Å². The lowest BCUT2D eigenvalue weighted by Crippen LogP contribution is -2.11. The fourth-order valence-electron chi connectivity index (χ4n) is 1.76. The highest BCUT2D eigenvalue weighted by Gasteiger charge is 2.21. The molecule has 1 aromatic heterocycles. The molecule has 1 unspecified atom stereocenters. The molecule has 1 atom stereocenters. The van der Waals surface area contributed by atoms with Gasteiger partial charge in [-0.3, -0.25) is 0 Å². The minimum absolute atomic E-state index is 0.0271. The normalized spacial score (nSPS) is 13.5. The van der Waals surface area contributed by atoms with Gasteiger partial charge >= 0.3 is 0 Å². The Morgan fingerprint density at radius 2 is 2.00 bits per heavy atom. The van der Waals surface area contributed by atoms with Crippen LogP contribution in [0.5, 0.6) is 0 Å². The van der Waals surface area contributed by atoms with Gasteiger partial charge in [0.05, 0.1) is 10.7 Å². The van der Waals surface area contributed by atoms with Gasteiger partial charge in [-0.15, -0.1) is 11.3 Å². The zero-order valence-electron chi connectivity index (χ0n) is 11.4. The van der Waals surface area contributed by atoms with Crippen molar-refractivity contribution in [2.75, 3.05) is 0 Å². The first-order valence-electron chi connectivity index (χ1n) is 6.25. The Balaban J connectivity index is 2.15. The number of aliphatic hydroxyl groups excluding tert-OH is 1. The molecular weight excluding hydrogens is 261 g/mol. The van der Waals surface area contributed by atoms with Gasteiger partial charge in [-0.05, 0) is 11.6 Å². The van der Waals surface area contributed by atoms with E-state index in [0.717, 1.165) is 5.01 Å². The monoisotopic (exact) mass is 279 g/mol. The number of aliphatic hydroxyl groups is 1. The van der Waals surface area contributed by atoms with Crippen LogP contribution in [0.25, 0.3) is 0 Å². The Kier molecular flexibility index (Phi) is 4.02. The molecule has 1 heterocycles. The predicted octanol–water partition coefficient (Wildman–Crippen LogP) is 3.86. The van der Waals surface area contributed by atoms with Gasteiger partial charge in [0.2, 0.25) is 0 Å². The summed E-state index contributed by atoms with van der Waals surface area (Å²) < 4.78 is 13.5. The fourth-order valence-corrected chi connectivity index (χ4v) is 2.71. The summed E-state index contributed by atoms with van der Waals surface area (Å²) in [6.07, 6.45) is -0.510. The van der Waals surface area contributed by atoms with Gasteiger partial charge < -0.3 is 5.11 Å². The minimum atomic E-state index is -0.760. The van der Waals surface area contributed by atoms with Gasteiger partial charge in [0, 0.05) is 17.2 Å². The first-order valence-corrected chi connectivity index (χ1v) is 7.13. The van der Waals surface area contributed by atoms with Crippen molar-refractivity contribution in [3.8, 4) is 0 Å². The van der Waals surface area contributed by atoms with Crippen molar-refractivity contribution in [2.24, 2.45) is 0 Å². The third-order valence-electron chi connectivity index (χ3n) is 2.88. The topological polar surface area (TPSA) is 33.1 Å². The quantitative estimate of drug-likeness (QED) is 0.925. The first-order chi connectivity index (χ1) is 8.88. The van der Waals surface area contributed by atoms with Gasteiger partial charge in [-0.2, -0.15) is 0 Å². The smallest absolute Gasteiger partial charge is 0.126 e. The average Bonchev–Trinajstić information content (AvgIpc) is 2.81. The number of benzene rings is 1. The number of rotatable bonds is 3. The lowest BCUT2D eigenvalue weighted by Gasteiger charge is -2.14. The number of hydrogen-bond donors (Lipinski definition) is 1. The summed E-state index contributed by atoms with van der Waals surface area (Å²) in [5.41, 5.74) is 1.11. The van der Waals surface area contributed by atoms with Crippen LogP contribution in [0.2, 0.25) is 0 Å². The molecule has 1 N–H and O–H groups in total. The standard InChI is InChI=1S/C15H18FNOS/c1-15(2,3)14-17-12(9-19-14)13(18)8-10-6-4-5-7-11(10)16/h4-7,9,13,18H,8H2,1-3H3. The lowest BCUT2D eigenvalue weighted by molar-refractivity contribution is 0.172. The molecule has 0 aliphatic rings. The van der Waals surface area contributed by atoms with E-state index in [1.807, 2.05) is 5.38 Å². The molecule has 0 spiro atoms. The highest BCUT2D eigenvalue weighted by Crippen LogP contribution is 2.29. The Hall–Kier alpha value is -1.26. The van der Waals surface area contributed by atoms with Gasteiger partial charge in [-0.25, -0.2) is 9.37 Å². The predicted molar refractivity (Wildman–Crippen MR) is 75.9 cm³/mol. The van der Waals surface area contributed by atoms with Crippen LogP contribution in [-0.4, -0.2) is 10.1 Å². The molecule has 1 aromatic carbocycles. The molecule has 0 amide bonds. The zero-order valence-corrected chi connectivity index (χ0v) is 12.2. The second-order valence-corrected chi connectivity index (χ2v) is 6.50.